The van der Waals surface area contributed by atoms with E-state index in [-0.39, 0.29) is 6.10 Å². The molecule has 86 valence electrons. The molecule has 0 aliphatic carbocycles. The van der Waals surface area contributed by atoms with Crippen molar-refractivity contribution in [3.8, 4) is 0 Å². The van der Waals surface area contributed by atoms with Gasteiger partial charge in [0.1, 0.15) is 0 Å². The molecule has 0 spiro atoms. The highest BCUT2D eigenvalue weighted by atomic mass is 16.5. The third-order valence-electron chi connectivity index (χ3n) is 2.58. The number of nitrogens with zero attached hydrogens (tertiary/aromatic N) is 1. The van der Waals surface area contributed by atoms with Crippen molar-refractivity contribution in [2.75, 3.05) is 12.3 Å². The Morgan fingerprint density at radius 1 is 1.31 bits per heavy atom. The lowest BCUT2D eigenvalue weighted by Gasteiger charge is -2.09. The van der Waals surface area contributed by atoms with Crippen molar-refractivity contribution in [3.63, 3.8) is 0 Å². The van der Waals surface area contributed by atoms with E-state index in [1.807, 2.05) is 32.0 Å². The van der Waals surface area contributed by atoms with E-state index in [9.17, 15) is 0 Å². The molecule has 1 aromatic carbocycles. The van der Waals surface area contributed by atoms with Gasteiger partial charge in [0.15, 0.2) is 0 Å². The zero-order valence-electron chi connectivity index (χ0n) is 9.81. The molecule has 1 aromatic heterocycles. The summed E-state index contributed by atoms with van der Waals surface area (Å²) in [4.78, 5) is 0. The molecule has 16 heavy (non-hydrogen) atoms. The van der Waals surface area contributed by atoms with Crippen molar-refractivity contribution in [3.05, 3.63) is 30.5 Å². The van der Waals surface area contributed by atoms with Crippen LogP contribution in [0.3, 0.4) is 0 Å². The number of rotatable bonds is 4. The molecule has 0 amide bonds. The van der Waals surface area contributed by atoms with Crippen LogP contribution in [0.1, 0.15) is 13.8 Å². The molecule has 0 aliphatic heterocycles. The normalized spacial score (nSPS) is 11.4. The molecule has 3 nitrogen and oxygen atoms in total. The molecule has 2 N–H and O–H groups in total. The summed E-state index contributed by atoms with van der Waals surface area (Å²) in [6.45, 7) is 5.69. The van der Waals surface area contributed by atoms with Crippen LogP contribution in [0.15, 0.2) is 30.5 Å². The van der Waals surface area contributed by atoms with E-state index >= 15 is 0 Å². The fourth-order valence-corrected chi connectivity index (χ4v) is 1.78. The highest BCUT2D eigenvalue weighted by molar-refractivity contribution is 5.83. The minimum Gasteiger partial charge on any atom is -0.399 e. The molecule has 3 heteroatoms. The number of benzene rings is 1. The summed E-state index contributed by atoms with van der Waals surface area (Å²) in [5.74, 6) is 0. The maximum Gasteiger partial charge on any atom is 0.0649 e. The minimum absolute atomic E-state index is 0.284. The third kappa shape index (κ3) is 2.36. The number of anilines is 1. The Hall–Kier alpha value is -1.48. The van der Waals surface area contributed by atoms with Crippen LogP contribution in [-0.2, 0) is 11.3 Å². The first-order chi connectivity index (χ1) is 7.66. The van der Waals surface area contributed by atoms with Crippen molar-refractivity contribution in [2.45, 2.75) is 26.5 Å². The molecule has 0 fully saturated rings. The van der Waals surface area contributed by atoms with E-state index in [4.69, 9.17) is 10.5 Å². The SMILES string of the molecule is CC(C)OCCn1ccc2ccc(N)cc21. The first kappa shape index (κ1) is 11.0. The number of nitrogen functional groups attached to an aromatic ring is 1. The van der Waals surface area contributed by atoms with Crippen molar-refractivity contribution < 1.29 is 4.74 Å². The number of nitrogens with two attached hydrogens (primary N) is 1. The zero-order valence-corrected chi connectivity index (χ0v) is 9.81. The van der Waals surface area contributed by atoms with Crippen molar-refractivity contribution in [1.29, 1.82) is 0 Å². The third-order valence-corrected chi connectivity index (χ3v) is 2.58. The molecule has 0 unspecified atom stereocenters. The molecular weight excluding hydrogens is 200 g/mol. The lowest BCUT2D eigenvalue weighted by Crippen LogP contribution is -2.09. The Kier molecular flexibility index (Phi) is 3.15. The standard InChI is InChI=1S/C13H18N2O/c1-10(2)16-8-7-15-6-5-11-3-4-12(14)9-13(11)15/h3-6,9-10H,7-8,14H2,1-2H3. The number of hydrogen-bond acceptors (Lipinski definition) is 2. The Morgan fingerprint density at radius 3 is 2.88 bits per heavy atom. The second-order valence-corrected chi connectivity index (χ2v) is 4.25. The largest absolute Gasteiger partial charge is 0.399 e. The van der Waals surface area contributed by atoms with Crippen LogP contribution in [0.4, 0.5) is 5.69 Å². The molecule has 1 heterocycles. The van der Waals surface area contributed by atoms with Gasteiger partial charge in [-0.2, -0.15) is 0 Å². The zero-order chi connectivity index (χ0) is 11.5. The monoisotopic (exact) mass is 218 g/mol. The lowest BCUT2D eigenvalue weighted by molar-refractivity contribution is 0.0733. The van der Waals surface area contributed by atoms with E-state index in [1.54, 1.807) is 0 Å². The van der Waals surface area contributed by atoms with Crippen LogP contribution in [0, 0.1) is 0 Å². The molecule has 0 atom stereocenters. The van der Waals surface area contributed by atoms with Gasteiger partial charge in [-0.25, -0.2) is 0 Å². The summed E-state index contributed by atoms with van der Waals surface area (Å²) in [5, 5.41) is 1.22. The van der Waals surface area contributed by atoms with Gasteiger partial charge in [-0.15, -0.1) is 0 Å². The smallest absolute Gasteiger partial charge is 0.0649 e. The molecular formula is C13H18N2O. The van der Waals surface area contributed by atoms with Crippen LogP contribution >= 0.6 is 0 Å². The first-order valence-corrected chi connectivity index (χ1v) is 5.63. The molecule has 2 rings (SSSR count). The van der Waals surface area contributed by atoms with E-state index in [0.717, 1.165) is 18.8 Å². The molecule has 0 radical (unpaired) electrons. The van der Waals surface area contributed by atoms with Gasteiger partial charge in [-0.1, -0.05) is 6.07 Å². The van der Waals surface area contributed by atoms with Crippen molar-refractivity contribution in [1.82, 2.24) is 4.57 Å². The highest BCUT2D eigenvalue weighted by Crippen LogP contribution is 2.18. The fraction of sp³-hybridized carbons (Fsp3) is 0.385. The van der Waals surface area contributed by atoms with Crippen LogP contribution < -0.4 is 5.73 Å². The first-order valence-electron chi connectivity index (χ1n) is 5.63. The predicted molar refractivity (Wildman–Crippen MR) is 67.4 cm³/mol. The summed E-state index contributed by atoms with van der Waals surface area (Å²) in [6, 6.07) is 8.08. The predicted octanol–water partition coefficient (Wildman–Crippen LogP) is 2.65. The van der Waals surface area contributed by atoms with Gasteiger partial charge < -0.3 is 15.0 Å². The summed E-state index contributed by atoms with van der Waals surface area (Å²) >= 11 is 0. The molecule has 0 bridgehead atoms. The van der Waals surface area contributed by atoms with Crippen molar-refractivity contribution in [2.24, 2.45) is 0 Å². The average Bonchev–Trinajstić information content (AvgIpc) is 2.60. The van der Waals surface area contributed by atoms with Gasteiger partial charge in [0.25, 0.3) is 0 Å². The van der Waals surface area contributed by atoms with E-state index in [1.165, 1.54) is 10.9 Å². The van der Waals surface area contributed by atoms with E-state index < -0.39 is 0 Å². The fourth-order valence-electron chi connectivity index (χ4n) is 1.78. The molecule has 0 saturated heterocycles. The quantitative estimate of drug-likeness (QED) is 0.801. The lowest BCUT2D eigenvalue weighted by atomic mass is 10.2. The van der Waals surface area contributed by atoms with Gasteiger partial charge in [-0.05, 0) is 37.4 Å². The second kappa shape index (κ2) is 4.58. The number of hydrogen-bond donors (Lipinski definition) is 1. The van der Waals surface area contributed by atoms with Gasteiger partial charge in [0.05, 0.1) is 18.2 Å². The van der Waals surface area contributed by atoms with Crippen molar-refractivity contribution >= 4 is 16.6 Å². The van der Waals surface area contributed by atoms with Crippen LogP contribution in [0.25, 0.3) is 10.9 Å². The summed E-state index contributed by atoms with van der Waals surface area (Å²) in [7, 11) is 0. The van der Waals surface area contributed by atoms with Gasteiger partial charge >= 0.3 is 0 Å². The minimum atomic E-state index is 0.284. The number of ether oxygens (including phenoxy) is 1. The Morgan fingerprint density at radius 2 is 2.12 bits per heavy atom. The Balaban J connectivity index is 2.15. The highest BCUT2D eigenvalue weighted by Gasteiger charge is 2.01. The van der Waals surface area contributed by atoms with Gasteiger partial charge in [0, 0.05) is 18.4 Å². The van der Waals surface area contributed by atoms with Gasteiger partial charge in [-0.3, -0.25) is 0 Å². The maximum atomic E-state index is 5.78. The summed E-state index contributed by atoms with van der Waals surface area (Å²) < 4.78 is 7.72. The van der Waals surface area contributed by atoms with E-state index in [2.05, 4.69) is 16.8 Å². The Labute approximate surface area is 95.8 Å². The second-order valence-electron chi connectivity index (χ2n) is 4.25. The molecule has 0 saturated carbocycles. The molecule has 0 aliphatic rings. The van der Waals surface area contributed by atoms with Crippen LogP contribution in [0.5, 0.6) is 0 Å². The van der Waals surface area contributed by atoms with Gasteiger partial charge in [0.2, 0.25) is 0 Å². The average molecular weight is 218 g/mol. The summed E-state index contributed by atoms with van der Waals surface area (Å²) in [6.07, 6.45) is 2.36. The van der Waals surface area contributed by atoms with Crippen LogP contribution in [0.2, 0.25) is 0 Å². The Bertz CT molecular complexity index is 474. The number of aromatic nitrogens is 1. The number of fused-ring (bicyclic) bond motifs is 1. The molecule has 2 aromatic rings. The van der Waals surface area contributed by atoms with E-state index in [0.29, 0.717) is 0 Å². The topological polar surface area (TPSA) is 40.2 Å². The van der Waals surface area contributed by atoms with Crippen LogP contribution in [-0.4, -0.2) is 17.3 Å². The maximum absolute atomic E-state index is 5.78. The summed E-state index contributed by atoms with van der Waals surface area (Å²) in [5.41, 5.74) is 7.76.